The van der Waals surface area contributed by atoms with Gasteiger partial charge < -0.3 is 0 Å². The fourth-order valence-corrected chi connectivity index (χ4v) is 1.99. The Labute approximate surface area is 84.3 Å². The van der Waals surface area contributed by atoms with E-state index in [1.165, 1.54) is 19.3 Å². The Hall–Kier alpha value is -0.160. The molecule has 0 spiro atoms. The van der Waals surface area contributed by atoms with E-state index < -0.39 is 0 Å². The van der Waals surface area contributed by atoms with Gasteiger partial charge in [0.15, 0.2) is 0 Å². The molecule has 2 fully saturated rings. The summed E-state index contributed by atoms with van der Waals surface area (Å²) in [5.41, 5.74) is 0. The summed E-state index contributed by atoms with van der Waals surface area (Å²) in [7, 11) is 0. The summed E-state index contributed by atoms with van der Waals surface area (Å²) in [5, 5.41) is 0. The second-order valence-corrected chi connectivity index (χ2v) is 3.96. The summed E-state index contributed by atoms with van der Waals surface area (Å²) in [6, 6.07) is 0. The van der Waals surface area contributed by atoms with Gasteiger partial charge >= 0.3 is 0 Å². The van der Waals surface area contributed by atoms with Crippen molar-refractivity contribution in [3.8, 4) is 0 Å². The van der Waals surface area contributed by atoms with Gasteiger partial charge in [0.2, 0.25) is 6.29 Å². The maximum atomic E-state index is 5.18. The molecule has 1 saturated heterocycles. The van der Waals surface area contributed by atoms with Crippen LogP contribution < -0.4 is 0 Å². The van der Waals surface area contributed by atoms with E-state index in [1.54, 1.807) is 0 Å². The van der Waals surface area contributed by atoms with E-state index in [0.717, 1.165) is 19.3 Å². The normalized spacial score (nSPS) is 28.3. The number of hydrogen-bond acceptors (Lipinski definition) is 4. The molecule has 1 aliphatic heterocycles. The van der Waals surface area contributed by atoms with Crippen molar-refractivity contribution in [1.82, 2.24) is 0 Å². The maximum absolute atomic E-state index is 5.18. The van der Waals surface area contributed by atoms with Crippen LogP contribution in [-0.4, -0.2) is 19.5 Å². The topological polar surface area (TPSA) is 36.9 Å². The average Bonchev–Trinajstić information content (AvgIpc) is 2.18. The Morgan fingerprint density at radius 1 is 0.714 bits per heavy atom. The average molecular weight is 202 g/mol. The molecule has 0 unspecified atom stereocenters. The van der Waals surface area contributed by atoms with Crippen molar-refractivity contribution < 1.29 is 19.6 Å². The molecule has 1 saturated carbocycles. The number of hydrogen-bond donors (Lipinski definition) is 0. The largest absolute Gasteiger partial charge is 0.234 e. The van der Waals surface area contributed by atoms with Crippen molar-refractivity contribution in [3.05, 3.63) is 0 Å². The minimum absolute atomic E-state index is 0.324. The molecular formula is C10H18O4. The standard InChI is InChI=1S/C10H18O4/c1-2-5-9(6-3-1)10-13-11-7-4-8-12-14-10/h9-10H,1-8H2. The minimum atomic E-state index is -0.324. The van der Waals surface area contributed by atoms with Crippen molar-refractivity contribution in [2.75, 3.05) is 13.2 Å². The Balaban J connectivity index is 1.80. The smallest absolute Gasteiger partial charge is 0.227 e. The van der Waals surface area contributed by atoms with Gasteiger partial charge in [-0.25, -0.2) is 19.6 Å². The lowest BCUT2D eigenvalue weighted by Gasteiger charge is -2.28. The van der Waals surface area contributed by atoms with Gasteiger partial charge in [0.25, 0.3) is 0 Å². The van der Waals surface area contributed by atoms with Gasteiger partial charge in [0, 0.05) is 12.3 Å². The lowest BCUT2D eigenvalue weighted by Crippen LogP contribution is -2.31. The Morgan fingerprint density at radius 2 is 1.36 bits per heavy atom. The van der Waals surface area contributed by atoms with Crippen LogP contribution >= 0.6 is 0 Å². The van der Waals surface area contributed by atoms with E-state index in [-0.39, 0.29) is 6.29 Å². The first kappa shape index (κ1) is 10.4. The van der Waals surface area contributed by atoms with Crippen molar-refractivity contribution in [2.45, 2.75) is 44.8 Å². The van der Waals surface area contributed by atoms with Crippen LogP contribution in [0.3, 0.4) is 0 Å². The second-order valence-electron chi connectivity index (χ2n) is 3.96. The first-order valence-electron chi connectivity index (χ1n) is 5.53. The summed E-state index contributed by atoms with van der Waals surface area (Å²) in [4.78, 5) is 20.4. The molecule has 0 radical (unpaired) electrons. The van der Waals surface area contributed by atoms with Crippen LogP contribution in [0.4, 0.5) is 0 Å². The molecular weight excluding hydrogens is 184 g/mol. The monoisotopic (exact) mass is 202 g/mol. The van der Waals surface area contributed by atoms with Gasteiger partial charge in [-0.05, 0) is 12.8 Å². The van der Waals surface area contributed by atoms with Gasteiger partial charge in [-0.2, -0.15) is 0 Å². The summed E-state index contributed by atoms with van der Waals surface area (Å²) in [6.07, 6.45) is 6.63. The van der Waals surface area contributed by atoms with Gasteiger partial charge in [0.05, 0.1) is 13.2 Å². The zero-order valence-electron chi connectivity index (χ0n) is 8.44. The summed E-state index contributed by atoms with van der Waals surface area (Å²) >= 11 is 0. The quantitative estimate of drug-likeness (QED) is 0.611. The Bertz CT molecular complexity index is 148. The molecule has 2 aliphatic rings. The highest BCUT2D eigenvalue weighted by Crippen LogP contribution is 2.29. The second kappa shape index (κ2) is 5.66. The number of rotatable bonds is 1. The van der Waals surface area contributed by atoms with Crippen LogP contribution in [0.1, 0.15) is 38.5 Å². The summed E-state index contributed by atoms with van der Waals surface area (Å²) < 4.78 is 0. The summed E-state index contributed by atoms with van der Waals surface area (Å²) in [6.45, 7) is 1.18. The van der Waals surface area contributed by atoms with Crippen molar-refractivity contribution >= 4 is 0 Å². The van der Waals surface area contributed by atoms with Crippen LogP contribution in [0, 0.1) is 5.92 Å². The molecule has 0 amide bonds. The van der Waals surface area contributed by atoms with E-state index in [1.807, 2.05) is 0 Å². The highest BCUT2D eigenvalue weighted by molar-refractivity contribution is 4.67. The van der Waals surface area contributed by atoms with E-state index in [2.05, 4.69) is 0 Å². The third-order valence-electron chi connectivity index (χ3n) is 2.82. The van der Waals surface area contributed by atoms with E-state index in [0.29, 0.717) is 19.1 Å². The molecule has 2 rings (SSSR count). The first-order valence-corrected chi connectivity index (χ1v) is 5.53. The molecule has 4 nitrogen and oxygen atoms in total. The SMILES string of the molecule is C1CCC(C2OOCCCOO2)CC1. The molecule has 82 valence electrons. The van der Waals surface area contributed by atoms with Gasteiger partial charge in [0.1, 0.15) is 0 Å². The fourth-order valence-electron chi connectivity index (χ4n) is 1.99. The highest BCUT2D eigenvalue weighted by Gasteiger charge is 2.27. The van der Waals surface area contributed by atoms with Crippen molar-refractivity contribution in [2.24, 2.45) is 5.92 Å². The van der Waals surface area contributed by atoms with Crippen molar-refractivity contribution in [1.29, 1.82) is 0 Å². The molecule has 1 aliphatic carbocycles. The molecule has 0 aromatic rings. The lowest BCUT2D eigenvalue weighted by molar-refractivity contribution is -0.486. The van der Waals surface area contributed by atoms with Crippen molar-refractivity contribution in [3.63, 3.8) is 0 Å². The van der Waals surface area contributed by atoms with Crippen LogP contribution in [0.5, 0.6) is 0 Å². The Kier molecular flexibility index (Phi) is 4.19. The molecule has 0 N–H and O–H groups in total. The van der Waals surface area contributed by atoms with Crippen LogP contribution in [0.25, 0.3) is 0 Å². The first-order chi connectivity index (χ1) is 6.97. The van der Waals surface area contributed by atoms with Gasteiger partial charge in [-0.3, -0.25) is 0 Å². The van der Waals surface area contributed by atoms with E-state index >= 15 is 0 Å². The molecule has 0 bridgehead atoms. The maximum Gasteiger partial charge on any atom is 0.227 e. The molecule has 1 heterocycles. The van der Waals surface area contributed by atoms with E-state index in [4.69, 9.17) is 19.6 Å². The molecule has 14 heavy (non-hydrogen) atoms. The highest BCUT2D eigenvalue weighted by atomic mass is 17.3. The summed E-state index contributed by atoms with van der Waals surface area (Å²) in [5.74, 6) is 0.432. The lowest BCUT2D eigenvalue weighted by atomic mass is 9.89. The van der Waals surface area contributed by atoms with Crippen LogP contribution in [0.15, 0.2) is 0 Å². The fraction of sp³-hybridized carbons (Fsp3) is 1.00. The van der Waals surface area contributed by atoms with Crippen LogP contribution in [-0.2, 0) is 19.6 Å². The molecule has 0 aromatic carbocycles. The van der Waals surface area contributed by atoms with E-state index in [9.17, 15) is 0 Å². The molecule has 0 atom stereocenters. The zero-order chi connectivity index (χ0) is 9.64. The third-order valence-corrected chi connectivity index (χ3v) is 2.82. The zero-order valence-corrected chi connectivity index (χ0v) is 8.44. The van der Waals surface area contributed by atoms with Gasteiger partial charge in [-0.1, -0.05) is 19.3 Å². The van der Waals surface area contributed by atoms with Crippen LogP contribution in [0.2, 0.25) is 0 Å². The predicted octanol–water partition coefficient (Wildman–Crippen LogP) is 2.19. The minimum Gasteiger partial charge on any atom is -0.234 e. The third kappa shape index (κ3) is 2.92. The molecule has 0 aromatic heterocycles. The van der Waals surface area contributed by atoms with Gasteiger partial charge in [-0.15, -0.1) is 0 Å². The molecule has 4 heteroatoms. The predicted molar refractivity (Wildman–Crippen MR) is 49.1 cm³/mol. The Morgan fingerprint density at radius 3 is 2.00 bits per heavy atom.